The van der Waals surface area contributed by atoms with Crippen molar-refractivity contribution in [2.45, 2.75) is 23.8 Å². The van der Waals surface area contributed by atoms with E-state index in [0.717, 1.165) is 12.8 Å². The molecule has 1 aromatic carbocycles. The second-order valence-electron chi connectivity index (χ2n) is 3.63. The molecule has 1 fully saturated rings. The number of halogens is 1. The first-order chi connectivity index (χ1) is 7.72. The van der Waals surface area contributed by atoms with Crippen molar-refractivity contribution in [2.75, 3.05) is 6.54 Å². The van der Waals surface area contributed by atoms with Gasteiger partial charge in [-0.3, -0.25) is 0 Å². The number of nitrogens with zero attached hydrogens (tertiary/aromatic N) is 2. The monoisotopic (exact) mass is 254 g/mol. The van der Waals surface area contributed by atoms with E-state index in [1.807, 2.05) is 0 Å². The van der Waals surface area contributed by atoms with Crippen LogP contribution in [0.3, 0.4) is 0 Å². The van der Waals surface area contributed by atoms with Crippen LogP contribution in [0, 0.1) is 11.3 Å². The van der Waals surface area contributed by atoms with Crippen LogP contribution in [0.5, 0.6) is 0 Å². The highest BCUT2D eigenvalue weighted by molar-refractivity contribution is 7.82. The molecule has 3 nitrogen and oxygen atoms in total. The number of hydrogen-bond acceptors (Lipinski definition) is 2. The van der Waals surface area contributed by atoms with Crippen molar-refractivity contribution < 1.29 is 4.21 Å². The van der Waals surface area contributed by atoms with Gasteiger partial charge in [-0.2, -0.15) is 5.26 Å². The largest absolute Gasteiger partial charge is 0.237 e. The third kappa shape index (κ3) is 2.27. The molecule has 1 aliphatic heterocycles. The molecule has 16 heavy (non-hydrogen) atoms. The van der Waals surface area contributed by atoms with Crippen LogP contribution < -0.4 is 0 Å². The van der Waals surface area contributed by atoms with Crippen LogP contribution in [-0.2, 0) is 11.0 Å². The zero-order valence-electron chi connectivity index (χ0n) is 8.60. The van der Waals surface area contributed by atoms with Gasteiger partial charge in [0.1, 0.15) is 17.0 Å². The van der Waals surface area contributed by atoms with Gasteiger partial charge >= 0.3 is 0 Å². The minimum atomic E-state index is -1.24. The van der Waals surface area contributed by atoms with Crippen molar-refractivity contribution in [3.8, 4) is 6.07 Å². The third-order valence-electron chi connectivity index (χ3n) is 2.58. The summed E-state index contributed by atoms with van der Waals surface area (Å²) in [6.45, 7) is 0.716. The quantitative estimate of drug-likeness (QED) is 0.813. The lowest BCUT2D eigenvalue weighted by atomic mass is 10.2. The summed E-state index contributed by atoms with van der Waals surface area (Å²) >= 11 is 5.77. The highest BCUT2D eigenvalue weighted by Gasteiger charge is 2.29. The molecule has 1 saturated heterocycles. The Labute approximate surface area is 102 Å². The molecule has 1 aliphatic rings. The first-order valence-corrected chi connectivity index (χ1v) is 6.54. The molecule has 0 radical (unpaired) electrons. The van der Waals surface area contributed by atoms with Crippen LogP contribution in [0.25, 0.3) is 0 Å². The Morgan fingerprint density at radius 1 is 1.44 bits per heavy atom. The molecule has 5 heteroatoms. The molecule has 0 spiro atoms. The highest BCUT2D eigenvalue weighted by Crippen LogP contribution is 2.23. The predicted octanol–water partition coefficient (Wildman–Crippen LogP) is 2.35. The van der Waals surface area contributed by atoms with E-state index < -0.39 is 11.0 Å². The Balaban J connectivity index is 2.19. The van der Waals surface area contributed by atoms with Gasteiger partial charge in [0.2, 0.25) is 0 Å². The maximum absolute atomic E-state index is 12.2. The van der Waals surface area contributed by atoms with Gasteiger partial charge < -0.3 is 0 Å². The summed E-state index contributed by atoms with van der Waals surface area (Å²) in [6.07, 6.45) is 1.73. The topological polar surface area (TPSA) is 44.1 Å². The SMILES string of the molecule is N#CC1CCCN1S(=O)c1ccc(Cl)cc1. The van der Waals surface area contributed by atoms with E-state index >= 15 is 0 Å². The van der Waals surface area contributed by atoms with Gasteiger partial charge in [0, 0.05) is 11.6 Å². The molecule has 0 bridgehead atoms. The molecule has 0 amide bonds. The van der Waals surface area contributed by atoms with E-state index in [0.29, 0.717) is 16.5 Å². The van der Waals surface area contributed by atoms with E-state index in [2.05, 4.69) is 6.07 Å². The molecule has 2 unspecified atom stereocenters. The summed E-state index contributed by atoms with van der Waals surface area (Å²) in [5.74, 6) is 0. The molecule has 84 valence electrons. The fourth-order valence-corrected chi connectivity index (χ4v) is 3.20. The lowest BCUT2D eigenvalue weighted by Crippen LogP contribution is -2.30. The smallest absolute Gasteiger partial charge is 0.128 e. The Hall–Kier alpha value is -0.890. The van der Waals surface area contributed by atoms with E-state index in [-0.39, 0.29) is 6.04 Å². The highest BCUT2D eigenvalue weighted by atomic mass is 35.5. The summed E-state index contributed by atoms with van der Waals surface area (Å²) in [7, 11) is -1.24. The van der Waals surface area contributed by atoms with Crippen molar-refractivity contribution >= 4 is 22.6 Å². The Morgan fingerprint density at radius 2 is 2.12 bits per heavy atom. The van der Waals surface area contributed by atoms with E-state index in [1.165, 1.54) is 0 Å². The molecular weight excluding hydrogens is 244 g/mol. The summed E-state index contributed by atoms with van der Waals surface area (Å²) < 4.78 is 13.9. The molecule has 2 atom stereocenters. The fourth-order valence-electron chi connectivity index (χ4n) is 1.75. The van der Waals surface area contributed by atoms with E-state index in [4.69, 9.17) is 16.9 Å². The summed E-state index contributed by atoms with van der Waals surface area (Å²) in [4.78, 5) is 0.701. The van der Waals surface area contributed by atoms with Crippen molar-refractivity contribution in [3.63, 3.8) is 0 Å². The second-order valence-corrected chi connectivity index (χ2v) is 5.51. The minimum Gasteiger partial charge on any atom is -0.237 e. The van der Waals surface area contributed by atoms with Crippen molar-refractivity contribution in [1.29, 1.82) is 5.26 Å². The molecule has 0 saturated carbocycles. The molecular formula is C11H11ClN2OS. The lowest BCUT2D eigenvalue weighted by molar-refractivity contribution is 0.479. The zero-order valence-corrected chi connectivity index (χ0v) is 10.2. The van der Waals surface area contributed by atoms with Crippen molar-refractivity contribution in [2.24, 2.45) is 0 Å². The number of rotatable bonds is 2. The van der Waals surface area contributed by atoms with Gasteiger partial charge in [0.15, 0.2) is 0 Å². The van der Waals surface area contributed by atoms with Gasteiger partial charge in [0.25, 0.3) is 0 Å². The summed E-state index contributed by atoms with van der Waals surface area (Å²) in [5, 5.41) is 9.55. The summed E-state index contributed by atoms with van der Waals surface area (Å²) in [5.41, 5.74) is 0. The first kappa shape index (κ1) is 11.6. The van der Waals surface area contributed by atoms with Crippen LogP contribution in [0.2, 0.25) is 5.02 Å². The van der Waals surface area contributed by atoms with Gasteiger partial charge in [-0.1, -0.05) is 11.6 Å². The minimum absolute atomic E-state index is 0.225. The Bertz CT molecular complexity index is 440. The lowest BCUT2D eigenvalue weighted by Gasteiger charge is -2.17. The van der Waals surface area contributed by atoms with Crippen molar-refractivity contribution in [3.05, 3.63) is 29.3 Å². The fraction of sp³-hybridized carbons (Fsp3) is 0.364. The van der Waals surface area contributed by atoms with Crippen molar-refractivity contribution in [1.82, 2.24) is 4.31 Å². The molecule has 0 aliphatic carbocycles. The van der Waals surface area contributed by atoms with Crippen LogP contribution in [0.1, 0.15) is 12.8 Å². The van der Waals surface area contributed by atoms with Gasteiger partial charge in [-0.05, 0) is 37.1 Å². The maximum atomic E-state index is 12.2. The molecule has 0 N–H and O–H groups in total. The van der Waals surface area contributed by atoms with E-state index in [9.17, 15) is 4.21 Å². The zero-order chi connectivity index (χ0) is 11.5. The van der Waals surface area contributed by atoms with Crippen LogP contribution in [0.15, 0.2) is 29.2 Å². The maximum Gasteiger partial charge on any atom is 0.128 e. The average molecular weight is 255 g/mol. The van der Waals surface area contributed by atoms with E-state index in [1.54, 1.807) is 28.6 Å². The molecule has 2 rings (SSSR count). The molecule has 0 aromatic heterocycles. The van der Waals surface area contributed by atoms with Gasteiger partial charge in [-0.25, -0.2) is 8.51 Å². The number of hydrogen-bond donors (Lipinski definition) is 0. The first-order valence-electron chi connectivity index (χ1n) is 5.06. The number of nitriles is 1. The van der Waals surface area contributed by atoms with Crippen LogP contribution >= 0.6 is 11.6 Å². The standard InChI is InChI=1S/C11H11ClN2OS/c12-9-3-5-11(6-4-9)16(15)14-7-1-2-10(14)8-13/h3-6,10H,1-2,7H2. The number of benzene rings is 1. The summed E-state index contributed by atoms with van der Waals surface area (Å²) in [6, 6.07) is 8.87. The van der Waals surface area contributed by atoms with Crippen LogP contribution in [-0.4, -0.2) is 21.1 Å². The van der Waals surface area contributed by atoms with Crippen LogP contribution in [0.4, 0.5) is 0 Å². The Kier molecular flexibility index (Phi) is 3.59. The normalized spacial score (nSPS) is 22.9. The Morgan fingerprint density at radius 3 is 2.75 bits per heavy atom. The molecule has 1 heterocycles. The molecule has 1 aromatic rings. The van der Waals surface area contributed by atoms with Gasteiger partial charge in [-0.15, -0.1) is 0 Å². The van der Waals surface area contributed by atoms with Gasteiger partial charge in [0.05, 0.1) is 11.0 Å². The average Bonchev–Trinajstić information content (AvgIpc) is 2.77. The second kappa shape index (κ2) is 4.96. The predicted molar refractivity (Wildman–Crippen MR) is 63.2 cm³/mol. The third-order valence-corrected chi connectivity index (χ3v) is 4.37.